The standard InChI is InChI=1S/C13H18FNO2/c1-10(16)4-3-7-15-13(17)9-11-5-2-6-12(14)8-11/h2,5-6,8,10,16H,3-4,7,9H2,1H3,(H,15,17). The second-order valence-corrected chi connectivity index (χ2v) is 4.15. The summed E-state index contributed by atoms with van der Waals surface area (Å²) in [7, 11) is 0. The van der Waals surface area contributed by atoms with Crippen molar-refractivity contribution in [2.24, 2.45) is 0 Å². The fraction of sp³-hybridized carbons (Fsp3) is 0.462. The first kappa shape index (κ1) is 13.6. The van der Waals surface area contributed by atoms with Gasteiger partial charge >= 0.3 is 0 Å². The van der Waals surface area contributed by atoms with Gasteiger partial charge in [0.25, 0.3) is 0 Å². The summed E-state index contributed by atoms with van der Waals surface area (Å²) in [4.78, 5) is 11.5. The van der Waals surface area contributed by atoms with Crippen LogP contribution in [-0.4, -0.2) is 23.7 Å². The maximum absolute atomic E-state index is 12.9. The number of rotatable bonds is 6. The monoisotopic (exact) mass is 239 g/mol. The lowest BCUT2D eigenvalue weighted by molar-refractivity contribution is -0.120. The molecule has 1 aromatic rings. The normalized spacial score (nSPS) is 12.2. The molecule has 94 valence electrons. The van der Waals surface area contributed by atoms with Crippen LogP contribution in [0.1, 0.15) is 25.3 Å². The Morgan fingerprint density at radius 1 is 1.53 bits per heavy atom. The number of aliphatic hydroxyl groups is 1. The molecule has 4 heteroatoms. The minimum absolute atomic E-state index is 0.124. The van der Waals surface area contributed by atoms with Crippen LogP contribution >= 0.6 is 0 Å². The van der Waals surface area contributed by atoms with Crippen molar-refractivity contribution >= 4 is 5.91 Å². The van der Waals surface area contributed by atoms with Crippen LogP contribution in [0.15, 0.2) is 24.3 Å². The third-order valence-corrected chi connectivity index (χ3v) is 2.37. The van der Waals surface area contributed by atoms with E-state index in [0.29, 0.717) is 18.5 Å². The van der Waals surface area contributed by atoms with E-state index in [-0.39, 0.29) is 24.2 Å². The molecule has 0 heterocycles. The van der Waals surface area contributed by atoms with Crippen molar-refractivity contribution in [3.8, 4) is 0 Å². The lowest BCUT2D eigenvalue weighted by atomic mass is 10.1. The number of benzene rings is 1. The van der Waals surface area contributed by atoms with Crippen LogP contribution in [0.3, 0.4) is 0 Å². The van der Waals surface area contributed by atoms with Crippen LogP contribution in [0.2, 0.25) is 0 Å². The van der Waals surface area contributed by atoms with Crippen molar-refractivity contribution in [1.82, 2.24) is 5.32 Å². The lowest BCUT2D eigenvalue weighted by Crippen LogP contribution is -2.26. The first-order valence-corrected chi connectivity index (χ1v) is 5.77. The quantitative estimate of drug-likeness (QED) is 0.741. The van der Waals surface area contributed by atoms with E-state index in [1.54, 1.807) is 19.1 Å². The molecule has 0 fully saturated rings. The van der Waals surface area contributed by atoms with E-state index < -0.39 is 0 Å². The van der Waals surface area contributed by atoms with E-state index in [1.807, 2.05) is 0 Å². The van der Waals surface area contributed by atoms with Gasteiger partial charge in [-0.1, -0.05) is 12.1 Å². The molecule has 0 radical (unpaired) electrons. The second-order valence-electron chi connectivity index (χ2n) is 4.15. The number of halogens is 1. The Kier molecular flexibility index (Phi) is 5.63. The summed E-state index contributed by atoms with van der Waals surface area (Å²) in [6.45, 7) is 2.26. The molecule has 0 aliphatic rings. The van der Waals surface area contributed by atoms with Gasteiger partial charge in [0, 0.05) is 6.54 Å². The van der Waals surface area contributed by atoms with Crippen molar-refractivity contribution < 1.29 is 14.3 Å². The average molecular weight is 239 g/mol. The van der Waals surface area contributed by atoms with Gasteiger partial charge in [-0.15, -0.1) is 0 Å². The summed E-state index contributed by atoms with van der Waals surface area (Å²) in [5.41, 5.74) is 0.665. The Balaban J connectivity index is 2.25. The zero-order chi connectivity index (χ0) is 12.7. The van der Waals surface area contributed by atoms with Crippen molar-refractivity contribution in [3.05, 3.63) is 35.6 Å². The van der Waals surface area contributed by atoms with Crippen LogP contribution in [0.4, 0.5) is 4.39 Å². The topological polar surface area (TPSA) is 49.3 Å². The van der Waals surface area contributed by atoms with Crippen molar-refractivity contribution in [2.75, 3.05) is 6.54 Å². The fourth-order valence-corrected chi connectivity index (χ4v) is 1.52. The Bertz CT molecular complexity index is 366. The number of carbonyl (C=O) groups excluding carboxylic acids is 1. The van der Waals surface area contributed by atoms with E-state index in [2.05, 4.69) is 5.32 Å². The van der Waals surface area contributed by atoms with Gasteiger partial charge in [-0.2, -0.15) is 0 Å². The summed E-state index contributed by atoms with van der Waals surface area (Å²) >= 11 is 0. The summed E-state index contributed by atoms with van der Waals surface area (Å²) < 4.78 is 12.9. The van der Waals surface area contributed by atoms with Gasteiger partial charge < -0.3 is 10.4 Å². The summed E-state index contributed by atoms with van der Waals surface area (Å²) in [6, 6.07) is 6.02. The van der Waals surface area contributed by atoms with E-state index in [1.165, 1.54) is 12.1 Å². The van der Waals surface area contributed by atoms with Gasteiger partial charge in [-0.25, -0.2) is 4.39 Å². The van der Waals surface area contributed by atoms with E-state index in [9.17, 15) is 9.18 Å². The number of aliphatic hydroxyl groups excluding tert-OH is 1. The molecule has 0 aromatic heterocycles. The Labute approximate surface area is 101 Å². The van der Waals surface area contributed by atoms with Crippen LogP contribution in [0.5, 0.6) is 0 Å². The molecule has 1 atom stereocenters. The maximum atomic E-state index is 12.9. The summed E-state index contributed by atoms with van der Waals surface area (Å²) in [5.74, 6) is -0.453. The second kappa shape index (κ2) is 7.01. The van der Waals surface area contributed by atoms with Crippen LogP contribution in [0.25, 0.3) is 0 Å². The number of carbonyl (C=O) groups is 1. The fourth-order valence-electron chi connectivity index (χ4n) is 1.52. The minimum atomic E-state index is -0.338. The van der Waals surface area contributed by atoms with E-state index in [4.69, 9.17) is 5.11 Å². The predicted molar refractivity (Wildman–Crippen MR) is 64.0 cm³/mol. The SMILES string of the molecule is CC(O)CCCNC(=O)Cc1cccc(F)c1. The van der Waals surface area contributed by atoms with Gasteiger partial charge in [-0.3, -0.25) is 4.79 Å². The molecule has 0 spiro atoms. The first-order chi connectivity index (χ1) is 8.08. The van der Waals surface area contributed by atoms with E-state index >= 15 is 0 Å². The third kappa shape index (κ3) is 6.02. The highest BCUT2D eigenvalue weighted by atomic mass is 19.1. The van der Waals surface area contributed by atoms with Gasteiger partial charge in [0.1, 0.15) is 5.82 Å². The Morgan fingerprint density at radius 2 is 2.29 bits per heavy atom. The van der Waals surface area contributed by atoms with Gasteiger partial charge in [0.05, 0.1) is 12.5 Å². The minimum Gasteiger partial charge on any atom is -0.393 e. The predicted octanol–water partition coefficient (Wildman–Crippen LogP) is 1.65. The van der Waals surface area contributed by atoms with Crippen LogP contribution in [0, 0.1) is 5.82 Å². The largest absolute Gasteiger partial charge is 0.393 e. The lowest BCUT2D eigenvalue weighted by Gasteiger charge is -2.06. The van der Waals surface area contributed by atoms with Crippen molar-refractivity contribution in [2.45, 2.75) is 32.3 Å². The molecular weight excluding hydrogens is 221 g/mol. The highest BCUT2D eigenvalue weighted by Gasteiger charge is 2.04. The van der Waals surface area contributed by atoms with Crippen LogP contribution < -0.4 is 5.32 Å². The highest BCUT2D eigenvalue weighted by molar-refractivity contribution is 5.78. The van der Waals surface area contributed by atoms with Crippen molar-refractivity contribution in [3.63, 3.8) is 0 Å². The number of hydrogen-bond acceptors (Lipinski definition) is 2. The summed E-state index contributed by atoms with van der Waals surface area (Å²) in [6.07, 6.45) is 1.26. The molecule has 0 bridgehead atoms. The molecule has 1 aromatic carbocycles. The first-order valence-electron chi connectivity index (χ1n) is 5.77. The average Bonchev–Trinajstić information content (AvgIpc) is 2.24. The van der Waals surface area contributed by atoms with Gasteiger partial charge in [0.15, 0.2) is 0 Å². The zero-order valence-corrected chi connectivity index (χ0v) is 9.95. The molecular formula is C13H18FNO2. The Hall–Kier alpha value is -1.42. The third-order valence-electron chi connectivity index (χ3n) is 2.37. The summed E-state index contributed by atoms with van der Waals surface area (Å²) in [5, 5.41) is 11.8. The number of nitrogens with one attached hydrogen (secondary N) is 1. The molecule has 17 heavy (non-hydrogen) atoms. The molecule has 1 amide bonds. The smallest absolute Gasteiger partial charge is 0.224 e. The molecule has 0 saturated carbocycles. The number of hydrogen-bond donors (Lipinski definition) is 2. The van der Waals surface area contributed by atoms with Gasteiger partial charge in [0.2, 0.25) is 5.91 Å². The number of amides is 1. The van der Waals surface area contributed by atoms with E-state index in [0.717, 1.165) is 6.42 Å². The zero-order valence-electron chi connectivity index (χ0n) is 9.95. The molecule has 0 aliphatic carbocycles. The molecule has 1 unspecified atom stereocenters. The van der Waals surface area contributed by atoms with Crippen molar-refractivity contribution in [1.29, 1.82) is 0 Å². The maximum Gasteiger partial charge on any atom is 0.224 e. The molecule has 0 aliphatic heterocycles. The Morgan fingerprint density at radius 3 is 2.94 bits per heavy atom. The molecule has 0 saturated heterocycles. The highest BCUT2D eigenvalue weighted by Crippen LogP contribution is 2.04. The van der Waals surface area contributed by atoms with Gasteiger partial charge in [-0.05, 0) is 37.5 Å². The molecule has 2 N–H and O–H groups in total. The molecule has 1 rings (SSSR count). The van der Waals surface area contributed by atoms with Crippen LogP contribution in [-0.2, 0) is 11.2 Å². The molecule has 3 nitrogen and oxygen atoms in total.